The monoisotopic (exact) mass is 236 g/mol. The van der Waals surface area contributed by atoms with Crippen molar-refractivity contribution < 1.29 is 9.53 Å². The van der Waals surface area contributed by atoms with Crippen molar-refractivity contribution in [3.8, 4) is 0 Å². The molecule has 17 heavy (non-hydrogen) atoms. The number of nitrogen functional groups attached to an aromatic ring is 1. The number of anilines is 2. The quantitative estimate of drug-likeness (QED) is 0.736. The molecule has 4 heteroatoms. The SMILES string of the molecule is Cc1cc(N)cc(C)c1NC(=O)OC(C)(C)C. The number of benzene rings is 1. The molecule has 0 spiro atoms. The number of nitrogens with two attached hydrogens (primary N) is 1. The molecule has 1 rings (SSSR count). The molecule has 0 aliphatic heterocycles. The Morgan fingerprint density at radius 2 is 1.71 bits per heavy atom. The number of rotatable bonds is 1. The van der Waals surface area contributed by atoms with Gasteiger partial charge in [0.1, 0.15) is 5.60 Å². The second-order valence-corrected chi connectivity index (χ2v) is 5.16. The van der Waals surface area contributed by atoms with Crippen molar-refractivity contribution in [1.29, 1.82) is 0 Å². The van der Waals surface area contributed by atoms with Crippen LogP contribution in [-0.4, -0.2) is 11.7 Å². The number of carbonyl (C=O) groups excluding carboxylic acids is 1. The van der Waals surface area contributed by atoms with E-state index >= 15 is 0 Å². The summed E-state index contributed by atoms with van der Waals surface area (Å²) in [5, 5.41) is 2.75. The third-order valence-corrected chi connectivity index (χ3v) is 2.18. The predicted molar refractivity (Wildman–Crippen MR) is 70.2 cm³/mol. The lowest BCUT2D eigenvalue weighted by Crippen LogP contribution is -2.27. The van der Waals surface area contributed by atoms with Crippen molar-refractivity contribution in [1.82, 2.24) is 0 Å². The van der Waals surface area contributed by atoms with E-state index in [9.17, 15) is 4.79 Å². The fourth-order valence-corrected chi connectivity index (χ4v) is 1.60. The van der Waals surface area contributed by atoms with E-state index in [1.54, 1.807) is 0 Å². The fourth-order valence-electron chi connectivity index (χ4n) is 1.60. The Balaban J connectivity index is 2.86. The summed E-state index contributed by atoms with van der Waals surface area (Å²) < 4.78 is 5.20. The smallest absolute Gasteiger partial charge is 0.412 e. The molecule has 0 aromatic heterocycles. The minimum atomic E-state index is -0.500. The Bertz CT molecular complexity index is 411. The molecule has 3 N–H and O–H groups in total. The highest BCUT2D eigenvalue weighted by Crippen LogP contribution is 2.24. The van der Waals surface area contributed by atoms with Gasteiger partial charge in [0, 0.05) is 11.4 Å². The molecule has 0 bridgehead atoms. The van der Waals surface area contributed by atoms with Crippen LogP contribution in [0.4, 0.5) is 16.2 Å². The zero-order valence-corrected chi connectivity index (χ0v) is 11.0. The summed E-state index contributed by atoms with van der Waals surface area (Å²) in [4.78, 5) is 11.7. The van der Waals surface area contributed by atoms with E-state index < -0.39 is 11.7 Å². The topological polar surface area (TPSA) is 64.3 Å². The van der Waals surface area contributed by atoms with Crippen molar-refractivity contribution in [2.45, 2.75) is 40.2 Å². The summed E-state index contributed by atoms with van der Waals surface area (Å²) >= 11 is 0. The minimum absolute atomic E-state index is 0.450. The first-order chi connectivity index (χ1) is 7.69. The molecule has 0 saturated heterocycles. The maximum Gasteiger partial charge on any atom is 0.412 e. The van der Waals surface area contributed by atoms with E-state index in [2.05, 4.69) is 5.32 Å². The maximum atomic E-state index is 11.7. The molecule has 0 atom stereocenters. The van der Waals surface area contributed by atoms with Gasteiger partial charge in [-0.25, -0.2) is 4.79 Å². The lowest BCUT2D eigenvalue weighted by Gasteiger charge is -2.21. The van der Waals surface area contributed by atoms with Crippen molar-refractivity contribution in [2.24, 2.45) is 0 Å². The largest absolute Gasteiger partial charge is 0.444 e. The molecule has 0 radical (unpaired) electrons. The van der Waals surface area contributed by atoms with Crippen LogP contribution in [0.2, 0.25) is 0 Å². The molecule has 94 valence electrons. The third kappa shape index (κ3) is 3.98. The molecule has 0 fully saturated rings. The fraction of sp³-hybridized carbons (Fsp3) is 0.462. The molecule has 0 heterocycles. The molecule has 0 aliphatic carbocycles. The first-order valence-corrected chi connectivity index (χ1v) is 5.56. The second kappa shape index (κ2) is 4.65. The number of ether oxygens (including phenoxy) is 1. The molecule has 1 aromatic rings. The summed E-state index contributed by atoms with van der Waals surface area (Å²) in [5.41, 5.74) is 8.51. The van der Waals surface area contributed by atoms with Crippen molar-refractivity contribution in [3.63, 3.8) is 0 Å². The summed E-state index contributed by atoms with van der Waals surface area (Å²) in [6.07, 6.45) is -0.450. The summed E-state index contributed by atoms with van der Waals surface area (Å²) in [6, 6.07) is 3.64. The Morgan fingerprint density at radius 3 is 2.12 bits per heavy atom. The maximum absolute atomic E-state index is 11.7. The number of hydrogen-bond acceptors (Lipinski definition) is 3. The van der Waals surface area contributed by atoms with E-state index in [-0.39, 0.29) is 0 Å². The number of nitrogens with one attached hydrogen (secondary N) is 1. The molecule has 0 saturated carbocycles. The second-order valence-electron chi connectivity index (χ2n) is 5.16. The van der Waals surface area contributed by atoms with Gasteiger partial charge in [-0.3, -0.25) is 5.32 Å². The minimum Gasteiger partial charge on any atom is -0.444 e. The highest BCUT2D eigenvalue weighted by molar-refractivity contribution is 5.87. The van der Waals surface area contributed by atoms with Crippen LogP contribution < -0.4 is 11.1 Å². The lowest BCUT2D eigenvalue weighted by molar-refractivity contribution is 0.0635. The van der Waals surface area contributed by atoms with Crippen molar-refractivity contribution >= 4 is 17.5 Å². The van der Waals surface area contributed by atoms with Gasteiger partial charge >= 0.3 is 6.09 Å². The van der Waals surface area contributed by atoms with E-state index in [1.807, 2.05) is 46.8 Å². The highest BCUT2D eigenvalue weighted by Gasteiger charge is 2.17. The van der Waals surface area contributed by atoms with Crippen LogP contribution in [-0.2, 0) is 4.74 Å². The molecule has 4 nitrogen and oxygen atoms in total. The zero-order valence-electron chi connectivity index (χ0n) is 11.0. The first-order valence-electron chi connectivity index (χ1n) is 5.56. The van der Waals surface area contributed by atoms with Crippen LogP contribution in [0.5, 0.6) is 0 Å². The van der Waals surface area contributed by atoms with E-state index in [0.717, 1.165) is 16.8 Å². The lowest BCUT2D eigenvalue weighted by atomic mass is 10.1. The summed E-state index contributed by atoms with van der Waals surface area (Å²) in [5.74, 6) is 0. The Morgan fingerprint density at radius 1 is 1.24 bits per heavy atom. The van der Waals surface area contributed by atoms with Gasteiger partial charge in [-0.15, -0.1) is 0 Å². The average molecular weight is 236 g/mol. The molecule has 0 aliphatic rings. The van der Waals surface area contributed by atoms with Gasteiger partial charge in [0.05, 0.1) is 0 Å². The number of hydrogen-bond donors (Lipinski definition) is 2. The Hall–Kier alpha value is -1.71. The van der Waals surface area contributed by atoms with Crippen molar-refractivity contribution in [2.75, 3.05) is 11.1 Å². The zero-order chi connectivity index (χ0) is 13.2. The van der Waals surface area contributed by atoms with E-state index in [0.29, 0.717) is 5.69 Å². The Labute approximate surface area is 102 Å². The van der Waals surface area contributed by atoms with Gasteiger partial charge in [-0.05, 0) is 57.9 Å². The Kier molecular flexibility index (Phi) is 3.66. The van der Waals surface area contributed by atoms with Crippen LogP contribution in [0.15, 0.2) is 12.1 Å². The van der Waals surface area contributed by atoms with Gasteiger partial charge in [-0.2, -0.15) is 0 Å². The van der Waals surface area contributed by atoms with Gasteiger partial charge < -0.3 is 10.5 Å². The van der Waals surface area contributed by atoms with Crippen LogP contribution in [0.3, 0.4) is 0 Å². The molecule has 0 unspecified atom stereocenters. The number of carbonyl (C=O) groups is 1. The van der Waals surface area contributed by atoms with Gasteiger partial charge in [0.25, 0.3) is 0 Å². The molecular formula is C13H20N2O2. The third-order valence-electron chi connectivity index (χ3n) is 2.18. The molecule has 1 aromatic carbocycles. The van der Waals surface area contributed by atoms with E-state index in [4.69, 9.17) is 10.5 Å². The molecular weight excluding hydrogens is 216 g/mol. The normalized spacial score (nSPS) is 11.1. The summed E-state index contributed by atoms with van der Waals surface area (Å²) in [7, 11) is 0. The van der Waals surface area contributed by atoms with Crippen LogP contribution in [0.25, 0.3) is 0 Å². The predicted octanol–water partition coefficient (Wildman–Crippen LogP) is 3.23. The van der Waals surface area contributed by atoms with Crippen LogP contribution in [0, 0.1) is 13.8 Å². The van der Waals surface area contributed by atoms with Gasteiger partial charge in [0.2, 0.25) is 0 Å². The number of aryl methyl sites for hydroxylation is 2. The molecule has 1 amide bonds. The van der Waals surface area contributed by atoms with Crippen LogP contribution in [0.1, 0.15) is 31.9 Å². The standard InChI is InChI=1S/C13H20N2O2/c1-8-6-10(14)7-9(2)11(8)15-12(16)17-13(3,4)5/h6-7H,14H2,1-5H3,(H,15,16). The highest BCUT2D eigenvalue weighted by atomic mass is 16.6. The summed E-state index contributed by atoms with van der Waals surface area (Å²) in [6.45, 7) is 9.28. The van der Waals surface area contributed by atoms with E-state index in [1.165, 1.54) is 0 Å². The van der Waals surface area contributed by atoms with Gasteiger partial charge in [-0.1, -0.05) is 0 Å². The first kappa shape index (κ1) is 13.4. The van der Waals surface area contributed by atoms with Crippen molar-refractivity contribution in [3.05, 3.63) is 23.3 Å². The average Bonchev–Trinajstić information content (AvgIpc) is 2.08. The van der Waals surface area contributed by atoms with Gasteiger partial charge in [0.15, 0.2) is 0 Å². The van der Waals surface area contributed by atoms with Crippen LogP contribution >= 0.6 is 0 Å². The number of amides is 1.